The molecule has 7 heteroatoms. The summed E-state index contributed by atoms with van der Waals surface area (Å²) in [5.74, 6) is -0.512. The Kier molecular flexibility index (Phi) is 7.21. The van der Waals surface area contributed by atoms with Gasteiger partial charge in [0.1, 0.15) is 10.8 Å². The standard InChI is InChI=1S/C14H20FN3O2S/c1-18(9-13(19)17-5-6-20-2)8-11-4-3-10(14(16)21)7-12(11)15/h3-4,7H,5-6,8-9H2,1-2H3,(H2,16,21)(H,17,19). The van der Waals surface area contributed by atoms with Crippen molar-refractivity contribution in [2.45, 2.75) is 6.54 Å². The van der Waals surface area contributed by atoms with Gasteiger partial charge in [0.15, 0.2) is 0 Å². The number of hydrogen-bond donors (Lipinski definition) is 2. The minimum Gasteiger partial charge on any atom is -0.389 e. The van der Waals surface area contributed by atoms with Gasteiger partial charge in [0.05, 0.1) is 13.2 Å². The van der Waals surface area contributed by atoms with Gasteiger partial charge in [-0.1, -0.05) is 24.4 Å². The van der Waals surface area contributed by atoms with Crippen molar-refractivity contribution >= 4 is 23.1 Å². The van der Waals surface area contributed by atoms with Crippen LogP contribution in [0.3, 0.4) is 0 Å². The lowest BCUT2D eigenvalue weighted by Crippen LogP contribution is -2.36. The lowest BCUT2D eigenvalue weighted by molar-refractivity contribution is -0.122. The molecule has 1 aromatic carbocycles. The van der Waals surface area contributed by atoms with Crippen molar-refractivity contribution in [3.05, 3.63) is 35.1 Å². The van der Waals surface area contributed by atoms with Crippen molar-refractivity contribution in [1.82, 2.24) is 10.2 Å². The number of methoxy groups -OCH3 is 1. The minimum absolute atomic E-state index is 0.130. The van der Waals surface area contributed by atoms with Gasteiger partial charge in [-0.05, 0) is 13.1 Å². The normalized spacial score (nSPS) is 10.7. The Morgan fingerprint density at radius 1 is 1.52 bits per heavy atom. The van der Waals surface area contributed by atoms with Crippen molar-refractivity contribution in [3.63, 3.8) is 0 Å². The molecule has 1 rings (SSSR count). The molecule has 0 aliphatic carbocycles. The van der Waals surface area contributed by atoms with Crippen molar-refractivity contribution in [2.75, 3.05) is 33.9 Å². The van der Waals surface area contributed by atoms with E-state index in [0.29, 0.717) is 30.8 Å². The summed E-state index contributed by atoms with van der Waals surface area (Å²) in [4.78, 5) is 13.5. The second-order valence-electron chi connectivity index (χ2n) is 4.69. The quantitative estimate of drug-likeness (QED) is 0.545. The zero-order valence-electron chi connectivity index (χ0n) is 12.2. The van der Waals surface area contributed by atoms with Gasteiger partial charge in [-0.3, -0.25) is 9.69 Å². The predicted molar refractivity (Wildman–Crippen MR) is 83.5 cm³/mol. The van der Waals surface area contributed by atoms with Crippen LogP contribution in [0.4, 0.5) is 4.39 Å². The van der Waals surface area contributed by atoms with Crippen LogP contribution in [0.1, 0.15) is 11.1 Å². The molecule has 116 valence electrons. The van der Waals surface area contributed by atoms with Crippen LogP contribution in [0, 0.1) is 5.82 Å². The highest BCUT2D eigenvalue weighted by Gasteiger charge is 2.10. The third kappa shape index (κ3) is 6.16. The van der Waals surface area contributed by atoms with Crippen LogP contribution in [-0.4, -0.2) is 49.6 Å². The average molecular weight is 313 g/mol. The molecule has 0 aliphatic heterocycles. The molecule has 0 radical (unpaired) electrons. The number of nitrogens with zero attached hydrogens (tertiary/aromatic N) is 1. The largest absolute Gasteiger partial charge is 0.389 e. The van der Waals surface area contributed by atoms with Gasteiger partial charge in [0, 0.05) is 31.3 Å². The fourth-order valence-corrected chi connectivity index (χ4v) is 1.90. The third-order valence-corrected chi connectivity index (χ3v) is 3.06. The summed E-state index contributed by atoms with van der Waals surface area (Å²) in [5.41, 5.74) is 6.43. The summed E-state index contributed by atoms with van der Waals surface area (Å²) in [6.45, 7) is 1.42. The fraction of sp³-hybridized carbons (Fsp3) is 0.429. The molecule has 0 heterocycles. The first-order valence-corrected chi connectivity index (χ1v) is 6.87. The fourth-order valence-electron chi connectivity index (χ4n) is 1.77. The molecule has 0 spiro atoms. The summed E-state index contributed by atoms with van der Waals surface area (Å²) in [5, 5.41) is 2.71. The second kappa shape index (κ2) is 8.66. The molecule has 0 unspecified atom stereocenters. The van der Waals surface area contributed by atoms with Gasteiger partial charge >= 0.3 is 0 Å². The number of rotatable bonds is 8. The Balaban J connectivity index is 2.53. The Hall–Kier alpha value is -1.57. The lowest BCUT2D eigenvalue weighted by Gasteiger charge is -2.17. The van der Waals surface area contributed by atoms with Crippen LogP contribution < -0.4 is 11.1 Å². The molecule has 0 aliphatic rings. The molecule has 1 aromatic rings. The minimum atomic E-state index is -0.382. The van der Waals surface area contributed by atoms with Crippen LogP contribution in [0.15, 0.2) is 18.2 Å². The number of likely N-dealkylation sites (N-methyl/N-ethyl adjacent to an activating group) is 1. The van der Waals surface area contributed by atoms with E-state index in [9.17, 15) is 9.18 Å². The summed E-state index contributed by atoms with van der Waals surface area (Å²) < 4.78 is 18.7. The highest BCUT2D eigenvalue weighted by atomic mass is 32.1. The first-order chi connectivity index (χ1) is 9.93. The summed E-state index contributed by atoms with van der Waals surface area (Å²) in [6.07, 6.45) is 0. The molecular weight excluding hydrogens is 293 g/mol. The molecule has 21 heavy (non-hydrogen) atoms. The SMILES string of the molecule is COCCNC(=O)CN(C)Cc1ccc(C(N)=S)cc1F. The Labute approximate surface area is 129 Å². The number of carbonyl (C=O) groups excluding carboxylic acids is 1. The van der Waals surface area contributed by atoms with E-state index in [1.807, 2.05) is 0 Å². The Morgan fingerprint density at radius 3 is 2.81 bits per heavy atom. The predicted octanol–water partition coefficient (Wildman–Crippen LogP) is 0.654. The molecular formula is C14H20FN3O2S. The maximum absolute atomic E-state index is 13.9. The molecule has 0 atom stereocenters. The zero-order valence-corrected chi connectivity index (χ0v) is 13.0. The monoisotopic (exact) mass is 313 g/mol. The number of nitrogens with two attached hydrogens (primary N) is 1. The van der Waals surface area contributed by atoms with Crippen molar-refractivity contribution in [2.24, 2.45) is 5.73 Å². The molecule has 0 fully saturated rings. The van der Waals surface area contributed by atoms with E-state index in [1.165, 1.54) is 6.07 Å². The molecule has 0 bridgehead atoms. The van der Waals surface area contributed by atoms with Gasteiger partial charge in [-0.2, -0.15) is 0 Å². The number of hydrogen-bond acceptors (Lipinski definition) is 4. The van der Waals surface area contributed by atoms with Crippen LogP contribution >= 0.6 is 12.2 Å². The van der Waals surface area contributed by atoms with E-state index in [0.717, 1.165) is 0 Å². The van der Waals surface area contributed by atoms with Crippen LogP contribution in [-0.2, 0) is 16.1 Å². The number of amides is 1. The smallest absolute Gasteiger partial charge is 0.234 e. The van der Waals surface area contributed by atoms with E-state index < -0.39 is 0 Å². The number of thiocarbonyl (C=S) groups is 1. The average Bonchev–Trinajstić information content (AvgIpc) is 2.41. The molecule has 0 saturated carbocycles. The molecule has 0 aromatic heterocycles. The summed E-state index contributed by atoms with van der Waals surface area (Å²) >= 11 is 4.80. The summed E-state index contributed by atoms with van der Waals surface area (Å²) in [6, 6.07) is 4.61. The van der Waals surface area contributed by atoms with Crippen molar-refractivity contribution < 1.29 is 13.9 Å². The van der Waals surface area contributed by atoms with E-state index in [2.05, 4.69) is 5.32 Å². The Bertz CT molecular complexity index is 511. The number of halogens is 1. The van der Waals surface area contributed by atoms with Crippen LogP contribution in [0.2, 0.25) is 0 Å². The van der Waals surface area contributed by atoms with Gasteiger partial charge < -0.3 is 15.8 Å². The number of nitrogens with one attached hydrogen (secondary N) is 1. The topological polar surface area (TPSA) is 67.6 Å². The zero-order chi connectivity index (χ0) is 15.8. The van der Waals surface area contributed by atoms with Gasteiger partial charge in [-0.15, -0.1) is 0 Å². The maximum Gasteiger partial charge on any atom is 0.234 e. The second-order valence-corrected chi connectivity index (χ2v) is 5.13. The van der Waals surface area contributed by atoms with Crippen molar-refractivity contribution in [1.29, 1.82) is 0 Å². The van der Waals surface area contributed by atoms with Crippen LogP contribution in [0.5, 0.6) is 0 Å². The first kappa shape index (κ1) is 17.5. The van der Waals surface area contributed by atoms with Gasteiger partial charge in [-0.25, -0.2) is 4.39 Å². The van der Waals surface area contributed by atoms with Crippen molar-refractivity contribution in [3.8, 4) is 0 Å². The maximum atomic E-state index is 13.9. The first-order valence-electron chi connectivity index (χ1n) is 6.46. The molecule has 0 saturated heterocycles. The Morgan fingerprint density at radius 2 is 2.24 bits per heavy atom. The van der Waals surface area contributed by atoms with E-state index >= 15 is 0 Å². The van der Waals surface area contributed by atoms with Gasteiger partial charge in [0.2, 0.25) is 5.91 Å². The molecule has 5 nitrogen and oxygen atoms in total. The summed E-state index contributed by atoms with van der Waals surface area (Å²) in [7, 11) is 3.31. The molecule has 3 N–H and O–H groups in total. The third-order valence-electron chi connectivity index (χ3n) is 2.82. The number of benzene rings is 1. The van der Waals surface area contributed by atoms with Crippen LogP contribution in [0.25, 0.3) is 0 Å². The van der Waals surface area contributed by atoms with E-state index in [-0.39, 0.29) is 23.3 Å². The molecule has 1 amide bonds. The van der Waals surface area contributed by atoms with Gasteiger partial charge in [0.25, 0.3) is 0 Å². The lowest BCUT2D eigenvalue weighted by atomic mass is 10.1. The van der Waals surface area contributed by atoms with E-state index in [1.54, 1.807) is 31.2 Å². The highest BCUT2D eigenvalue weighted by molar-refractivity contribution is 7.80. The number of ether oxygens (including phenoxy) is 1. The van der Waals surface area contributed by atoms with E-state index in [4.69, 9.17) is 22.7 Å². The number of carbonyl (C=O) groups is 1. The highest BCUT2D eigenvalue weighted by Crippen LogP contribution is 2.12.